The van der Waals surface area contributed by atoms with E-state index >= 15 is 0 Å². The summed E-state index contributed by atoms with van der Waals surface area (Å²) in [5.74, 6) is 3.15. The summed E-state index contributed by atoms with van der Waals surface area (Å²) in [4.78, 5) is 0. The lowest BCUT2D eigenvalue weighted by Crippen LogP contribution is -2.68. The van der Waals surface area contributed by atoms with E-state index in [2.05, 4.69) is 27.7 Å². The molecule has 6 saturated heterocycles. The molecular formula is C49H80O21. The second kappa shape index (κ2) is 20.3. The third-order valence-electron chi connectivity index (χ3n) is 19.6. The molecule has 0 aromatic rings. The molecule has 0 aromatic carbocycles. The zero-order valence-corrected chi connectivity index (χ0v) is 40.7. The summed E-state index contributed by atoms with van der Waals surface area (Å²) in [5.41, 5.74) is 0.317. The van der Waals surface area contributed by atoms with Crippen LogP contribution in [0.1, 0.15) is 91.9 Å². The van der Waals surface area contributed by atoms with E-state index in [9.17, 15) is 56.2 Å². The maximum Gasteiger partial charge on any atom is 0.187 e. The van der Waals surface area contributed by atoms with Crippen LogP contribution in [0.5, 0.6) is 0 Å². The monoisotopic (exact) mass is 1000 g/mol. The Morgan fingerprint density at radius 3 is 1.79 bits per heavy atom. The molecule has 1 spiro atoms. The molecule has 10 rings (SSSR count). The Bertz CT molecular complexity index is 1770. The van der Waals surface area contributed by atoms with Crippen LogP contribution in [0.2, 0.25) is 0 Å². The molecule has 0 amide bonds. The van der Waals surface area contributed by atoms with Crippen molar-refractivity contribution in [2.45, 2.75) is 221 Å². The number of fused-ring (bicyclic) bond motifs is 7. The summed E-state index contributed by atoms with van der Waals surface area (Å²) in [6, 6.07) is 0. The van der Waals surface area contributed by atoms with Gasteiger partial charge in [0.2, 0.25) is 0 Å². The van der Waals surface area contributed by atoms with Crippen molar-refractivity contribution in [1.82, 2.24) is 0 Å². The molecule has 0 bridgehead atoms. The molecule has 4 saturated carbocycles. The topological polar surface area (TPSA) is 315 Å². The molecule has 10 aliphatic rings. The molecule has 11 N–H and O–H groups in total. The van der Waals surface area contributed by atoms with Crippen molar-refractivity contribution in [2.75, 3.05) is 33.0 Å². The summed E-state index contributed by atoms with van der Waals surface area (Å²) in [7, 11) is 0. The van der Waals surface area contributed by atoms with Gasteiger partial charge in [-0.05, 0) is 104 Å². The maximum atomic E-state index is 11.8. The molecule has 6 aliphatic heterocycles. The van der Waals surface area contributed by atoms with Gasteiger partial charge in [0.25, 0.3) is 0 Å². The summed E-state index contributed by atoms with van der Waals surface area (Å²) in [5, 5.41) is 118. The van der Waals surface area contributed by atoms with Crippen molar-refractivity contribution in [3.05, 3.63) is 0 Å². The van der Waals surface area contributed by atoms with Crippen molar-refractivity contribution in [3.63, 3.8) is 0 Å². The smallest absolute Gasteiger partial charge is 0.187 e. The number of hydrogen-bond acceptors (Lipinski definition) is 21. The van der Waals surface area contributed by atoms with Gasteiger partial charge in [0.15, 0.2) is 30.9 Å². The Kier molecular flexibility index (Phi) is 15.2. The zero-order valence-electron chi connectivity index (χ0n) is 40.7. The van der Waals surface area contributed by atoms with Crippen LogP contribution < -0.4 is 0 Å². The van der Waals surface area contributed by atoms with E-state index in [4.69, 9.17) is 47.4 Å². The van der Waals surface area contributed by atoms with E-state index in [0.717, 1.165) is 51.6 Å². The van der Waals surface area contributed by atoms with Gasteiger partial charge >= 0.3 is 0 Å². The number of rotatable bonds is 10. The summed E-state index contributed by atoms with van der Waals surface area (Å²) in [6.45, 7) is 7.88. The number of hydrogen-bond donors (Lipinski definition) is 11. The lowest BCUT2D eigenvalue weighted by Gasteiger charge is -2.61. The van der Waals surface area contributed by atoms with Crippen molar-refractivity contribution in [2.24, 2.45) is 52.3 Å². The fraction of sp³-hybridized carbons (Fsp3) is 1.00. The quantitative estimate of drug-likeness (QED) is 0.110. The van der Waals surface area contributed by atoms with E-state index < -0.39 is 143 Å². The van der Waals surface area contributed by atoms with Gasteiger partial charge in [-0.15, -0.1) is 0 Å². The second-order valence-corrected chi connectivity index (χ2v) is 23.4. The summed E-state index contributed by atoms with van der Waals surface area (Å²) < 4.78 is 61.3. The molecule has 402 valence electrons. The Morgan fingerprint density at radius 1 is 0.529 bits per heavy atom. The molecule has 0 aromatic heterocycles. The predicted molar refractivity (Wildman–Crippen MR) is 236 cm³/mol. The summed E-state index contributed by atoms with van der Waals surface area (Å²) in [6.07, 6.45) is -19.8. The van der Waals surface area contributed by atoms with Crippen LogP contribution in [0, 0.1) is 52.3 Å². The third-order valence-corrected chi connectivity index (χ3v) is 19.6. The first-order chi connectivity index (χ1) is 33.3. The molecule has 21 nitrogen and oxygen atoms in total. The van der Waals surface area contributed by atoms with E-state index in [1.54, 1.807) is 0 Å². The van der Waals surface area contributed by atoms with E-state index in [1.165, 1.54) is 12.8 Å². The van der Waals surface area contributed by atoms with Crippen molar-refractivity contribution < 1.29 is 104 Å². The number of aliphatic hydroxyl groups is 11. The van der Waals surface area contributed by atoms with Crippen molar-refractivity contribution in [3.8, 4) is 0 Å². The van der Waals surface area contributed by atoms with Crippen LogP contribution >= 0.6 is 0 Å². The van der Waals surface area contributed by atoms with Gasteiger partial charge in [-0.1, -0.05) is 27.7 Å². The van der Waals surface area contributed by atoms with Gasteiger partial charge in [-0.25, -0.2) is 0 Å². The molecule has 30 unspecified atom stereocenters. The van der Waals surface area contributed by atoms with Crippen molar-refractivity contribution >= 4 is 0 Å². The average molecular weight is 1010 g/mol. The van der Waals surface area contributed by atoms with Crippen molar-refractivity contribution in [1.29, 1.82) is 0 Å². The van der Waals surface area contributed by atoms with Crippen LogP contribution in [0.3, 0.4) is 0 Å². The minimum atomic E-state index is -1.87. The molecule has 30 atom stereocenters. The Labute approximate surface area is 408 Å². The fourth-order valence-electron chi connectivity index (χ4n) is 15.6. The first-order valence-electron chi connectivity index (χ1n) is 26.1. The molecule has 4 aliphatic carbocycles. The first-order valence-corrected chi connectivity index (χ1v) is 26.1. The average Bonchev–Trinajstić information content (AvgIpc) is 3.79. The van der Waals surface area contributed by atoms with E-state index in [0.29, 0.717) is 47.8 Å². The number of ether oxygens (including phenoxy) is 10. The third kappa shape index (κ3) is 8.96. The normalized spacial score (nSPS) is 58.1. The van der Waals surface area contributed by atoms with E-state index in [1.807, 2.05) is 0 Å². The zero-order chi connectivity index (χ0) is 49.8. The molecule has 6 heterocycles. The highest BCUT2D eigenvalue weighted by atomic mass is 16.8. The highest BCUT2D eigenvalue weighted by Crippen LogP contribution is 2.71. The Morgan fingerprint density at radius 2 is 1.14 bits per heavy atom. The highest BCUT2D eigenvalue weighted by molar-refractivity contribution is 5.15. The highest BCUT2D eigenvalue weighted by Gasteiger charge is 2.69. The van der Waals surface area contributed by atoms with Crippen LogP contribution in [0.15, 0.2) is 0 Å². The maximum absolute atomic E-state index is 11.8. The van der Waals surface area contributed by atoms with Crippen LogP contribution in [-0.2, 0) is 47.4 Å². The van der Waals surface area contributed by atoms with Gasteiger partial charge in [-0.2, -0.15) is 0 Å². The van der Waals surface area contributed by atoms with E-state index in [-0.39, 0.29) is 23.0 Å². The van der Waals surface area contributed by atoms with Crippen LogP contribution in [0.4, 0.5) is 0 Å². The number of aliphatic hydroxyl groups excluding tert-OH is 11. The lowest BCUT2D eigenvalue weighted by molar-refractivity contribution is -0.400. The SMILES string of the molecule is CC1CCC2(OC1)OC1CC3C4CCC5CC(OC6OC(CO)C(OC7OC(CO)C(O)C(OC8OCC(O)C(O)C8O)C7OC7OCC(O)C(O)C7O)C(O)C6O)CCC5(C)C4CCC3(C)C1C2C. The largest absolute Gasteiger partial charge is 0.394 e. The summed E-state index contributed by atoms with van der Waals surface area (Å²) >= 11 is 0. The molecule has 0 radical (unpaired) electrons. The predicted octanol–water partition coefficient (Wildman–Crippen LogP) is -1.63. The Hall–Kier alpha value is -0.840. The Balaban J connectivity index is 0.804. The standard InChI is InChI=1S/C49H80O21/c1-20-7-12-49(63-17-20)21(2)32-29(70-49)14-26-24-6-5-22-13-23(8-10-47(22,3)25(24)9-11-48(26,32)4)64-45-39(60)36(57)40(31(16-51)66-45)67-46-42(69-44-38(59)34(55)28(53)19-62-44)41(35(56)30(15-50)65-46)68-43-37(58)33(54)27(52)18-61-43/h20-46,50-60H,5-19H2,1-4H3. The van der Waals surface area contributed by atoms with Gasteiger partial charge in [0.1, 0.15) is 85.5 Å². The van der Waals surface area contributed by atoms with Crippen LogP contribution in [-0.4, -0.2) is 218 Å². The molecule has 70 heavy (non-hydrogen) atoms. The van der Waals surface area contributed by atoms with Gasteiger partial charge in [-0.3, -0.25) is 0 Å². The molecular weight excluding hydrogens is 925 g/mol. The van der Waals surface area contributed by atoms with Gasteiger partial charge < -0.3 is 104 Å². The lowest BCUT2D eigenvalue weighted by atomic mass is 9.44. The first kappa shape index (κ1) is 52.6. The van der Waals surface area contributed by atoms with Gasteiger partial charge in [0.05, 0.1) is 45.2 Å². The van der Waals surface area contributed by atoms with Crippen LogP contribution in [0.25, 0.3) is 0 Å². The minimum Gasteiger partial charge on any atom is -0.394 e. The fourth-order valence-corrected chi connectivity index (χ4v) is 15.6. The minimum absolute atomic E-state index is 0.106. The molecule has 21 heteroatoms. The molecule has 10 fully saturated rings. The second-order valence-electron chi connectivity index (χ2n) is 23.4. The van der Waals surface area contributed by atoms with Gasteiger partial charge in [0, 0.05) is 12.3 Å².